The van der Waals surface area contributed by atoms with E-state index in [9.17, 15) is 9.59 Å². The van der Waals surface area contributed by atoms with Gasteiger partial charge in [0.2, 0.25) is 5.91 Å². The third-order valence-electron chi connectivity index (χ3n) is 4.96. The molecule has 0 spiro atoms. The van der Waals surface area contributed by atoms with Gasteiger partial charge in [-0.25, -0.2) is 0 Å². The largest absolute Gasteiger partial charge is 0.497 e. The molecule has 6 heteroatoms. The quantitative estimate of drug-likeness (QED) is 0.620. The molecule has 0 aliphatic carbocycles. The first-order valence-corrected chi connectivity index (χ1v) is 9.54. The minimum Gasteiger partial charge on any atom is -0.497 e. The lowest BCUT2D eigenvalue weighted by Crippen LogP contribution is -2.48. The molecule has 0 bridgehead atoms. The van der Waals surface area contributed by atoms with Crippen molar-refractivity contribution in [2.75, 3.05) is 12.4 Å². The number of nitrogens with one attached hydrogen (secondary N) is 1. The molecule has 1 amide bonds. The Kier molecular flexibility index (Phi) is 4.29. The van der Waals surface area contributed by atoms with Crippen LogP contribution in [0.1, 0.15) is 22.8 Å². The number of ether oxygens (including phenoxy) is 1. The van der Waals surface area contributed by atoms with Crippen LogP contribution in [0.15, 0.2) is 54.6 Å². The lowest BCUT2D eigenvalue weighted by atomic mass is 9.73. The fraction of sp³-hybridized carbons (Fsp3) is 0.143. The number of Topliss-reactive ketones (excluding diaryl/α,β-unsaturated/α-hetero) is 1. The van der Waals surface area contributed by atoms with E-state index in [1.54, 1.807) is 26.2 Å². The summed E-state index contributed by atoms with van der Waals surface area (Å²) in [4.78, 5) is 26.4. The van der Waals surface area contributed by atoms with Crippen molar-refractivity contribution >= 4 is 39.6 Å². The van der Waals surface area contributed by atoms with Crippen molar-refractivity contribution in [3.8, 4) is 16.9 Å². The van der Waals surface area contributed by atoms with Crippen LogP contribution in [0.5, 0.6) is 5.75 Å². The van der Waals surface area contributed by atoms with E-state index in [1.807, 2.05) is 42.5 Å². The van der Waals surface area contributed by atoms with Crippen LogP contribution in [0.4, 0.5) is 5.00 Å². The van der Waals surface area contributed by atoms with Crippen molar-refractivity contribution in [3.05, 3.63) is 70.1 Å². The summed E-state index contributed by atoms with van der Waals surface area (Å²) < 4.78 is 5.67. The average Bonchev–Trinajstić information content (AvgIpc) is 3.02. The van der Waals surface area contributed by atoms with Crippen LogP contribution in [0.2, 0.25) is 4.34 Å². The molecule has 0 saturated heterocycles. The van der Waals surface area contributed by atoms with Crippen LogP contribution >= 0.6 is 22.9 Å². The number of carbonyl (C=O) groups is 2. The Balaban J connectivity index is 1.90. The minimum absolute atomic E-state index is 0.249. The summed E-state index contributed by atoms with van der Waals surface area (Å²) in [5.41, 5.74) is 1.26. The lowest BCUT2D eigenvalue weighted by Gasteiger charge is -2.31. The van der Waals surface area contributed by atoms with Crippen LogP contribution in [-0.4, -0.2) is 18.8 Å². The highest BCUT2D eigenvalue weighted by Crippen LogP contribution is 2.49. The molecule has 1 aromatic heterocycles. The fourth-order valence-electron chi connectivity index (χ4n) is 3.34. The van der Waals surface area contributed by atoms with Crippen LogP contribution in [0, 0.1) is 0 Å². The second-order valence-corrected chi connectivity index (χ2v) is 8.08. The number of amides is 1. The van der Waals surface area contributed by atoms with Gasteiger partial charge in [-0.15, -0.1) is 11.3 Å². The summed E-state index contributed by atoms with van der Waals surface area (Å²) in [5, 5.41) is 3.38. The Morgan fingerprint density at radius 3 is 2.30 bits per heavy atom. The molecule has 0 radical (unpaired) electrons. The summed E-state index contributed by atoms with van der Waals surface area (Å²) in [5.74, 6) is 0.125. The summed E-state index contributed by atoms with van der Waals surface area (Å²) >= 11 is 7.69. The first kappa shape index (κ1) is 17.8. The number of anilines is 1. The maximum absolute atomic E-state index is 13.5. The zero-order valence-electron chi connectivity index (χ0n) is 14.7. The van der Waals surface area contributed by atoms with Gasteiger partial charge in [0.1, 0.15) is 20.5 Å². The Morgan fingerprint density at radius 2 is 1.67 bits per heavy atom. The zero-order chi connectivity index (χ0) is 19.2. The molecular formula is C21H16ClNO3S. The van der Waals surface area contributed by atoms with E-state index < -0.39 is 5.41 Å². The second kappa shape index (κ2) is 6.51. The molecule has 27 heavy (non-hydrogen) atoms. The molecule has 136 valence electrons. The maximum Gasteiger partial charge on any atom is 0.243 e. The van der Waals surface area contributed by atoms with Crippen molar-refractivity contribution < 1.29 is 14.3 Å². The Hall–Kier alpha value is -2.63. The van der Waals surface area contributed by atoms with Gasteiger partial charge in [-0.1, -0.05) is 54.1 Å². The summed E-state index contributed by atoms with van der Waals surface area (Å²) in [7, 11) is 1.60. The number of benzene rings is 2. The number of hydrogen-bond donors (Lipinski definition) is 1. The number of hydrogen-bond acceptors (Lipinski definition) is 4. The number of fused-ring (bicyclic) bond motifs is 1. The number of thiophene rings is 1. The SMILES string of the molecule is COc1ccc(-c2c(Cl)sc3c2C(=O)C(C)(c2ccccc2)C(=O)N3)cc1. The number of carbonyl (C=O) groups excluding carboxylic acids is 2. The maximum atomic E-state index is 13.5. The van der Waals surface area contributed by atoms with E-state index >= 15 is 0 Å². The fourth-order valence-corrected chi connectivity index (χ4v) is 4.72. The standard InChI is InChI=1S/C21H16ClNO3S/c1-21(13-6-4-3-5-7-13)17(24)16-15(12-8-10-14(26-2)11-9-12)18(22)27-19(16)23-20(21)25/h3-11H,1-2H3,(H,23,25). The van der Waals surface area contributed by atoms with Crippen LogP contribution in [0.3, 0.4) is 0 Å². The van der Waals surface area contributed by atoms with E-state index in [2.05, 4.69) is 5.32 Å². The molecule has 4 rings (SSSR count). The molecule has 3 aromatic rings. The minimum atomic E-state index is -1.31. The molecule has 2 heterocycles. The highest BCUT2D eigenvalue weighted by atomic mass is 35.5. The Bertz CT molecular complexity index is 1040. The molecule has 0 fully saturated rings. The summed E-state index contributed by atoms with van der Waals surface area (Å²) in [6.07, 6.45) is 0. The van der Waals surface area contributed by atoms with E-state index in [0.29, 0.717) is 31.8 Å². The van der Waals surface area contributed by atoms with Gasteiger partial charge < -0.3 is 10.1 Å². The predicted octanol–water partition coefficient (Wildman–Crippen LogP) is 5.17. The molecule has 2 aromatic carbocycles. The Labute approximate surface area is 165 Å². The van der Waals surface area contributed by atoms with E-state index in [1.165, 1.54) is 11.3 Å². The van der Waals surface area contributed by atoms with Gasteiger partial charge in [0.15, 0.2) is 5.78 Å². The van der Waals surface area contributed by atoms with E-state index in [0.717, 1.165) is 5.56 Å². The number of halogens is 1. The van der Waals surface area contributed by atoms with Crippen molar-refractivity contribution in [1.82, 2.24) is 0 Å². The van der Waals surface area contributed by atoms with E-state index in [4.69, 9.17) is 16.3 Å². The smallest absolute Gasteiger partial charge is 0.243 e. The van der Waals surface area contributed by atoms with Crippen molar-refractivity contribution in [3.63, 3.8) is 0 Å². The van der Waals surface area contributed by atoms with Gasteiger partial charge in [-0.05, 0) is 30.2 Å². The Morgan fingerprint density at radius 1 is 1.00 bits per heavy atom. The van der Waals surface area contributed by atoms with Crippen molar-refractivity contribution in [2.24, 2.45) is 0 Å². The number of rotatable bonds is 3. The van der Waals surface area contributed by atoms with Crippen molar-refractivity contribution in [2.45, 2.75) is 12.3 Å². The molecule has 1 aliphatic heterocycles. The zero-order valence-corrected chi connectivity index (χ0v) is 16.3. The highest BCUT2D eigenvalue weighted by Gasteiger charge is 2.49. The number of methoxy groups -OCH3 is 1. The first-order valence-electron chi connectivity index (χ1n) is 8.35. The summed E-state index contributed by atoms with van der Waals surface area (Å²) in [6.45, 7) is 1.66. The van der Waals surface area contributed by atoms with Crippen LogP contribution < -0.4 is 10.1 Å². The molecule has 0 saturated carbocycles. The lowest BCUT2D eigenvalue weighted by molar-refractivity contribution is -0.119. The third-order valence-corrected chi connectivity index (χ3v) is 6.27. The van der Waals surface area contributed by atoms with E-state index in [-0.39, 0.29) is 11.7 Å². The number of ketones is 1. The molecule has 1 unspecified atom stereocenters. The topological polar surface area (TPSA) is 55.4 Å². The third kappa shape index (κ3) is 2.66. The van der Waals surface area contributed by atoms with Gasteiger partial charge in [-0.2, -0.15) is 0 Å². The van der Waals surface area contributed by atoms with Gasteiger partial charge in [0.25, 0.3) is 0 Å². The van der Waals surface area contributed by atoms with Crippen molar-refractivity contribution in [1.29, 1.82) is 0 Å². The molecular weight excluding hydrogens is 382 g/mol. The molecule has 1 N–H and O–H groups in total. The van der Waals surface area contributed by atoms with Crippen LogP contribution in [0.25, 0.3) is 11.1 Å². The highest BCUT2D eigenvalue weighted by molar-refractivity contribution is 7.21. The van der Waals surface area contributed by atoms with Gasteiger partial charge in [-0.3, -0.25) is 9.59 Å². The predicted molar refractivity (Wildman–Crippen MR) is 108 cm³/mol. The van der Waals surface area contributed by atoms with Gasteiger partial charge in [0.05, 0.1) is 12.7 Å². The van der Waals surface area contributed by atoms with Crippen LogP contribution in [-0.2, 0) is 10.2 Å². The second-order valence-electron chi connectivity index (χ2n) is 6.46. The average molecular weight is 398 g/mol. The normalized spacial score (nSPS) is 18.8. The first-order chi connectivity index (χ1) is 13.0. The molecule has 1 atom stereocenters. The molecule has 1 aliphatic rings. The van der Waals surface area contributed by atoms with Gasteiger partial charge in [0, 0.05) is 5.56 Å². The molecule has 4 nitrogen and oxygen atoms in total. The summed E-state index contributed by atoms with van der Waals surface area (Å²) in [6, 6.07) is 16.4. The monoisotopic (exact) mass is 397 g/mol. The van der Waals surface area contributed by atoms with Gasteiger partial charge >= 0.3 is 0 Å².